The number of esters is 2. The van der Waals surface area contributed by atoms with Crippen LogP contribution in [0.2, 0.25) is 5.15 Å². The summed E-state index contributed by atoms with van der Waals surface area (Å²) in [4.78, 5) is 24.6. The first-order valence-corrected chi connectivity index (χ1v) is 7.67. The lowest BCUT2D eigenvalue weighted by atomic mass is 9.31. The second kappa shape index (κ2) is 4.47. The minimum Gasteiger partial charge on any atom is -0.469 e. The number of hydrogen-bond acceptors (Lipinski definition) is 5. The van der Waals surface area contributed by atoms with Crippen LogP contribution in [0.1, 0.15) is 18.9 Å². The lowest BCUT2D eigenvalue weighted by Crippen LogP contribution is -2.76. The summed E-state index contributed by atoms with van der Waals surface area (Å²) in [6, 6.07) is 7.06. The molecular weight excluding hydrogens is 320 g/mol. The zero-order chi connectivity index (χ0) is 16.4. The van der Waals surface area contributed by atoms with Crippen LogP contribution in [0.3, 0.4) is 0 Å². The van der Waals surface area contributed by atoms with Gasteiger partial charge in [-0.3, -0.25) is 14.3 Å². The maximum Gasteiger partial charge on any atom is 0.314 e. The Morgan fingerprint density at radius 3 is 2.30 bits per heavy atom. The van der Waals surface area contributed by atoms with E-state index in [1.807, 2.05) is 24.3 Å². The largest absolute Gasteiger partial charge is 0.469 e. The molecule has 2 aromatic rings. The smallest absolute Gasteiger partial charge is 0.314 e. The highest BCUT2D eigenvalue weighted by atomic mass is 35.5. The molecular formula is C16H15ClN2O4. The Balaban J connectivity index is 1.87. The molecule has 1 aromatic carbocycles. The van der Waals surface area contributed by atoms with Crippen molar-refractivity contribution >= 4 is 34.4 Å². The normalized spacial score (nSPS) is 31.2. The number of halogens is 1. The Kier molecular flexibility index (Phi) is 2.82. The second-order valence-electron chi connectivity index (χ2n) is 6.30. The Bertz CT molecular complexity index is 810. The molecule has 3 fully saturated rings. The number of carbonyl (C=O) groups excluding carboxylic acids is 2. The number of para-hydroxylation sites is 1. The Labute approximate surface area is 137 Å². The van der Waals surface area contributed by atoms with Crippen LogP contribution in [0.4, 0.5) is 0 Å². The quantitative estimate of drug-likeness (QED) is 0.806. The van der Waals surface area contributed by atoms with Crippen molar-refractivity contribution in [3.8, 4) is 0 Å². The van der Waals surface area contributed by atoms with Crippen molar-refractivity contribution in [3.63, 3.8) is 0 Å². The van der Waals surface area contributed by atoms with Gasteiger partial charge < -0.3 is 9.47 Å². The van der Waals surface area contributed by atoms with Gasteiger partial charge in [0.15, 0.2) is 5.15 Å². The molecule has 1 heterocycles. The topological polar surface area (TPSA) is 70.4 Å². The summed E-state index contributed by atoms with van der Waals surface area (Å²) in [5, 5.41) is 5.53. The molecule has 0 aliphatic heterocycles. The van der Waals surface area contributed by atoms with Crippen LogP contribution < -0.4 is 0 Å². The first-order valence-electron chi connectivity index (χ1n) is 7.30. The third-order valence-corrected chi connectivity index (χ3v) is 5.58. The van der Waals surface area contributed by atoms with Crippen LogP contribution in [-0.2, 0) is 19.1 Å². The van der Waals surface area contributed by atoms with E-state index in [0.29, 0.717) is 18.0 Å². The molecule has 3 saturated carbocycles. The van der Waals surface area contributed by atoms with Crippen molar-refractivity contribution in [2.75, 3.05) is 14.2 Å². The van der Waals surface area contributed by atoms with E-state index in [2.05, 4.69) is 5.10 Å². The maximum absolute atomic E-state index is 12.3. The summed E-state index contributed by atoms with van der Waals surface area (Å²) in [5.41, 5.74) is -0.647. The van der Waals surface area contributed by atoms with Crippen LogP contribution in [0.15, 0.2) is 24.3 Å². The highest BCUT2D eigenvalue weighted by Crippen LogP contribution is 2.80. The first-order chi connectivity index (χ1) is 11.0. The summed E-state index contributed by atoms with van der Waals surface area (Å²) in [6.07, 6.45) is 0.853. The molecule has 0 spiro atoms. The Hall–Kier alpha value is -2.08. The SMILES string of the molecule is COC(=O)C12CC(C(=O)OC)(C1)C2n1nc(Cl)c2ccccc21. The number of aromatic nitrogens is 2. The van der Waals surface area contributed by atoms with Gasteiger partial charge in [-0.05, 0) is 25.0 Å². The van der Waals surface area contributed by atoms with Crippen molar-refractivity contribution in [2.24, 2.45) is 10.8 Å². The van der Waals surface area contributed by atoms with Gasteiger partial charge in [0.05, 0.1) is 36.6 Å². The second-order valence-corrected chi connectivity index (χ2v) is 6.66. The molecule has 0 amide bonds. The zero-order valence-electron chi connectivity index (χ0n) is 12.7. The fraction of sp³-hybridized carbons (Fsp3) is 0.438. The molecule has 2 bridgehead atoms. The summed E-state index contributed by atoms with van der Waals surface area (Å²) >= 11 is 6.22. The van der Waals surface area contributed by atoms with Crippen LogP contribution in [0.25, 0.3) is 10.9 Å². The number of carbonyl (C=O) groups is 2. The van der Waals surface area contributed by atoms with Gasteiger partial charge in [0, 0.05) is 5.39 Å². The molecule has 0 N–H and O–H groups in total. The average Bonchev–Trinajstić information content (AvgIpc) is 2.81. The van der Waals surface area contributed by atoms with E-state index < -0.39 is 16.9 Å². The van der Waals surface area contributed by atoms with Crippen LogP contribution >= 0.6 is 11.6 Å². The van der Waals surface area contributed by atoms with Gasteiger partial charge in [-0.15, -0.1) is 0 Å². The summed E-state index contributed by atoms with van der Waals surface area (Å²) in [5.74, 6) is -0.632. The standard InChI is InChI=1S/C16H15ClN2O4/c1-22-13(20)15-7-16(8-15,14(21)23-2)12(15)19-10-6-4-3-5-9(10)11(17)18-19/h3-6,12H,7-8H2,1-2H3. The number of hydrogen-bond donors (Lipinski definition) is 0. The van der Waals surface area contributed by atoms with Crippen LogP contribution in [0, 0.1) is 10.8 Å². The molecule has 0 atom stereocenters. The number of benzene rings is 1. The van der Waals surface area contributed by atoms with Gasteiger partial charge in [-0.25, -0.2) is 0 Å². The molecule has 0 saturated heterocycles. The lowest BCUT2D eigenvalue weighted by molar-refractivity contribution is -0.267. The van der Waals surface area contributed by atoms with Gasteiger partial charge in [0.1, 0.15) is 0 Å². The van der Waals surface area contributed by atoms with E-state index in [0.717, 1.165) is 10.9 Å². The molecule has 7 heteroatoms. The number of rotatable bonds is 3. The van der Waals surface area contributed by atoms with E-state index in [1.165, 1.54) is 14.2 Å². The predicted molar refractivity (Wildman–Crippen MR) is 81.9 cm³/mol. The third-order valence-electron chi connectivity index (χ3n) is 5.31. The van der Waals surface area contributed by atoms with Crippen LogP contribution in [0.5, 0.6) is 0 Å². The number of fused-ring (bicyclic) bond motifs is 1. The van der Waals surface area contributed by atoms with Crippen LogP contribution in [-0.4, -0.2) is 35.9 Å². The van der Waals surface area contributed by atoms with Crippen molar-refractivity contribution in [2.45, 2.75) is 18.9 Å². The van der Waals surface area contributed by atoms with Gasteiger partial charge >= 0.3 is 11.9 Å². The summed E-state index contributed by atoms with van der Waals surface area (Å²) < 4.78 is 11.6. The molecule has 0 unspecified atom stereocenters. The van der Waals surface area contributed by atoms with Crippen molar-refractivity contribution in [3.05, 3.63) is 29.4 Å². The van der Waals surface area contributed by atoms with Gasteiger partial charge in [0.2, 0.25) is 0 Å². The molecule has 6 nitrogen and oxygen atoms in total. The summed E-state index contributed by atoms with van der Waals surface area (Å²) in [6.45, 7) is 0. The minimum atomic E-state index is -0.721. The summed E-state index contributed by atoms with van der Waals surface area (Å²) in [7, 11) is 2.72. The van der Waals surface area contributed by atoms with E-state index >= 15 is 0 Å². The third kappa shape index (κ3) is 1.52. The van der Waals surface area contributed by atoms with Crippen molar-refractivity contribution in [1.29, 1.82) is 0 Å². The highest BCUT2D eigenvalue weighted by molar-refractivity contribution is 6.34. The number of methoxy groups -OCH3 is 2. The number of nitrogens with zero attached hydrogens (tertiary/aromatic N) is 2. The number of ether oxygens (including phenoxy) is 2. The van der Waals surface area contributed by atoms with E-state index in [9.17, 15) is 9.59 Å². The van der Waals surface area contributed by atoms with Gasteiger partial charge in [-0.2, -0.15) is 5.10 Å². The van der Waals surface area contributed by atoms with Crippen molar-refractivity contribution < 1.29 is 19.1 Å². The predicted octanol–water partition coefficient (Wildman–Crippen LogP) is 2.36. The Morgan fingerprint density at radius 1 is 1.17 bits per heavy atom. The molecule has 23 heavy (non-hydrogen) atoms. The average molecular weight is 335 g/mol. The molecule has 3 aliphatic carbocycles. The lowest BCUT2D eigenvalue weighted by Gasteiger charge is -2.71. The zero-order valence-corrected chi connectivity index (χ0v) is 13.5. The minimum absolute atomic E-state index is 0.316. The molecule has 120 valence electrons. The highest BCUT2D eigenvalue weighted by Gasteiger charge is 2.84. The fourth-order valence-corrected chi connectivity index (χ4v) is 4.60. The van der Waals surface area contributed by atoms with E-state index in [4.69, 9.17) is 21.1 Å². The fourth-order valence-electron chi connectivity index (χ4n) is 4.36. The first kappa shape index (κ1) is 14.5. The van der Waals surface area contributed by atoms with E-state index in [1.54, 1.807) is 4.68 Å². The maximum atomic E-state index is 12.3. The van der Waals surface area contributed by atoms with Gasteiger partial charge in [-0.1, -0.05) is 23.7 Å². The molecule has 1 aromatic heterocycles. The molecule has 5 rings (SSSR count). The van der Waals surface area contributed by atoms with E-state index in [-0.39, 0.29) is 11.9 Å². The molecule has 0 radical (unpaired) electrons. The van der Waals surface area contributed by atoms with Gasteiger partial charge in [0.25, 0.3) is 0 Å². The molecule has 3 aliphatic rings. The monoisotopic (exact) mass is 334 g/mol. The van der Waals surface area contributed by atoms with Crippen molar-refractivity contribution in [1.82, 2.24) is 9.78 Å². The Morgan fingerprint density at radius 2 is 1.74 bits per heavy atom.